The second-order valence-electron chi connectivity index (χ2n) is 13.7. The fourth-order valence-electron chi connectivity index (χ4n) is 6.59. The number of aromatic nitrogens is 2. The third-order valence-electron chi connectivity index (χ3n) is 9.73. The number of nitrogens with zero attached hydrogens (tertiary/aromatic N) is 3. The van der Waals surface area contributed by atoms with Crippen molar-refractivity contribution in [3.05, 3.63) is 99.8 Å². The van der Waals surface area contributed by atoms with Gasteiger partial charge in [0.05, 0.1) is 49.6 Å². The number of amides is 1. The summed E-state index contributed by atoms with van der Waals surface area (Å²) in [6, 6.07) is 16.8. The van der Waals surface area contributed by atoms with Crippen molar-refractivity contribution < 1.29 is 48.3 Å². The Kier molecular flexibility index (Phi) is 14.2. The summed E-state index contributed by atoms with van der Waals surface area (Å²) in [5.74, 6) is -1.30. The van der Waals surface area contributed by atoms with Crippen LogP contribution in [0.4, 0.5) is 5.69 Å². The highest BCUT2D eigenvalue weighted by Gasteiger charge is 2.42. The predicted octanol–water partition coefficient (Wildman–Crippen LogP) is 7.42. The van der Waals surface area contributed by atoms with Crippen molar-refractivity contribution in [2.45, 2.75) is 79.3 Å². The number of aliphatic hydroxyl groups is 1. The maximum atomic E-state index is 15.3. The first-order chi connectivity index (χ1) is 26.9. The molecule has 14 heteroatoms. The molecule has 1 aromatic heterocycles. The highest BCUT2D eigenvalue weighted by Crippen LogP contribution is 2.46. The van der Waals surface area contributed by atoms with Crippen LogP contribution < -0.4 is 14.4 Å². The molecule has 4 aromatic rings. The number of hydrogen-bond acceptors (Lipinski definition) is 10. The number of esters is 1. The largest absolute Gasteiger partial charge is 0.490 e. The van der Waals surface area contributed by atoms with Gasteiger partial charge in [-0.1, -0.05) is 50.6 Å². The molecule has 1 aliphatic rings. The topological polar surface area (TPSA) is 159 Å². The number of carbonyl (C=O) groups excluding carboxylic acids is 2. The van der Waals surface area contributed by atoms with Crippen molar-refractivity contribution in [3.63, 3.8) is 0 Å². The number of aromatic carboxylic acids is 1. The Labute approximate surface area is 332 Å². The van der Waals surface area contributed by atoms with E-state index >= 15 is 4.79 Å². The lowest BCUT2D eigenvalue weighted by molar-refractivity contribution is -0.134. The van der Waals surface area contributed by atoms with Crippen LogP contribution in [0, 0.1) is 5.41 Å². The number of ether oxygens (including phenoxy) is 5. The average Bonchev–Trinajstić information content (AvgIpc) is 3.58. The first-order valence-electron chi connectivity index (χ1n) is 18.9. The Balaban J connectivity index is 1.74. The molecule has 0 saturated carbocycles. The second-order valence-corrected chi connectivity index (χ2v) is 14.1. The molecule has 0 bridgehead atoms. The first-order valence-corrected chi connectivity index (χ1v) is 19.3. The standard InChI is InChI=1S/C42H50ClN3O10/c1-7-36(47)55-25-42(6,8-2)24-45-32-19-18-27(43)21-30(32)37(29-16-13-17-34(52-9-3)38(29)53-10-4)56-35(39(45)48)22-33-31(41(51)54-11-5)23-44-46(33)28-15-12-14-26(20-28)40(49)50/h12-21,23,35-37,47H,7-11,22,24-25H2,1-6H3,(H,49,50)/t35-,36+,37-,42?/m1/s1. The number of para-hydroxylation sites is 1. The molecule has 56 heavy (non-hydrogen) atoms. The summed E-state index contributed by atoms with van der Waals surface area (Å²) in [7, 11) is 0. The lowest BCUT2D eigenvalue weighted by Gasteiger charge is -2.36. The zero-order valence-electron chi connectivity index (χ0n) is 32.6. The molecule has 0 fully saturated rings. The molecule has 13 nitrogen and oxygen atoms in total. The van der Waals surface area contributed by atoms with E-state index < -0.39 is 41.8 Å². The molecular formula is C42H50ClN3O10. The van der Waals surface area contributed by atoms with Gasteiger partial charge in [0.2, 0.25) is 0 Å². The van der Waals surface area contributed by atoms with Crippen LogP contribution in [-0.2, 0) is 25.4 Å². The van der Waals surface area contributed by atoms with E-state index in [0.717, 1.165) is 0 Å². The Morgan fingerprint density at radius 3 is 2.41 bits per heavy atom. The van der Waals surface area contributed by atoms with Gasteiger partial charge < -0.3 is 38.8 Å². The molecule has 300 valence electrons. The molecule has 1 amide bonds. The van der Waals surface area contributed by atoms with Gasteiger partial charge in [-0.2, -0.15) is 5.10 Å². The summed E-state index contributed by atoms with van der Waals surface area (Å²) >= 11 is 6.70. The third-order valence-corrected chi connectivity index (χ3v) is 9.97. The number of halogens is 1. The molecule has 0 spiro atoms. The number of carboxylic acids is 1. The Morgan fingerprint density at radius 1 is 0.982 bits per heavy atom. The fourth-order valence-corrected chi connectivity index (χ4v) is 6.77. The summed E-state index contributed by atoms with van der Waals surface area (Å²) in [5, 5.41) is 25.0. The second kappa shape index (κ2) is 18.8. The van der Waals surface area contributed by atoms with E-state index in [4.69, 9.17) is 35.3 Å². The maximum absolute atomic E-state index is 15.3. The quantitative estimate of drug-likeness (QED) is 0.0763. The van der Waals surface area contributed by atoms with Crippen LogP contribution in [-0.4, -0.2) is 83.2 Å². The van der Waals surface area contributed by atoms with Crippen molar-refractivity contribution in [3.8, 4) is 17.2 Å². The van der Waals surface area contributed by atoms with Gasteiger partial charge in [-0.3, -0.25) is 4.79 Å². The average molecular weight is 792 g/mol. The van der Waals surface area contributed by atoms with Gasteiger partial charge in [0.1, 0.15) is 17.8 Å². The lowest BCUT2D eigenvalue weighted by Crippen LogP contribution is -2.47. The Morgan fingerprint density at radius 2 is 1.73 bits per heavy atom. The minimum Gasteiger partial charge on any atom is -0.490 e. The van der Waals surface area contributed by atoms with Gasteiger partial charge >= 0.3 is 11.9 Å². The SMILES string of the molecule is CCOC(=O)c1cnn(-c2cccc(C(=O)O)c2)c1C[C@H]1O[C@H](c2cccc(OCC)c2OCC)c2cc(Cl)ccc2N(CC(C)(CC)CO[C@H](O)CC)C1=O. The lowest BCUT2D eigenvalue weighted by atomic mass is 9.87. The minimum absolute atomic E-state index is 0.00823. The minimum atomic E-state index is -1.26. The number of aliphatic hydroxyl groups excluding tert-OH is 1. The summed E-state index contributed by atoms with van der Waals surface area (Å²) < 4.78 is 31.8. The van der Waals surface area contributed by atoms with Crippen molar-refractivity contribution in [1.82, 2.24) is 9.78 Å². The van der Waals surface area contributed by atoms with Gasteiger partial charge in [-0.05, 0) is 76.1 Å². The Bertz CT molecular complexity index is 2020. The van der Waals surface area contributed by atoms with Crippen molar-refractivity contribution in [2.75, 3.05) is 37.9 Å². The smallest absolute Gasteiger partial charge is 0.341 e. The van der Waals surface area contributed by atoms with Crippen LogP contribution in [0.15, 0.2) is 66.9 Å². The zero-order chi connectivity index (χ0) is 40.6. The van der Waals surface area contributed by atoms with Gasteiger partial charge in [-0.25, -0.2) is 14.3 Å². The molecule has 2 N–H and O–H groups in total. The van der Waals surface area contributed by atoms with Crippen LogP contribution in [0.3, 0.4) is 0 Å². The predicted molar refractivity (Wildman–Crippen MR) is 210 cm³/mol. The van der Waals surface area contributed by atoms with Crippen LogP contribution in [0.25, 0.3) is 5.69 Å². The molecule has 5 rings (SSSR count). The van der Waals surface area contributed by atoms with E-state index in [-0.39, 0.29) is 43.0 Å². The van der Waals surface area contributed by atoms with E-state index in [2.05, 4.69) is 5.10 Å². The van der Waals surface area contributed by atoms with E-state index in [1.807, 2.05) is 46.8 Å². The van der Waals surface area contributed by atoms with Crippen LogP contribution in [0.2, 0.25) is 5.02 Å². The van der Waals surface area contributed by atoms with E-state index in [9.17, 15) is 19.8 Å². The molecule has 1 unspecified atom stereocenters. The molecule has 2 heterocycles. The molecule has 1 aliphatic heterocycles. The summed E-state index contributed by atoms with van der Waals surface area (Å²) in [4.78, 5) is 42.3. The number of hydrogen-bond donors (Lipinski definition) is 2. The number of benzene rings is 3. The maximum Gasteiger partial charge on any atom is 0.341 e. The van der Waals surface area contributed by atoms with E-state index in [1.54, 1.807) is 48.2 Å². The van der Waals surface area contributed by atoms with Crippen LogP contribution in [0.5, 0.6) is 11.5 Å². The van der Waals surface area contributed by atoms with E-state index in [1.165, 1.54) is 23.0 Å². The van der Waals surface area contributed by atoms with Gasteiger partial charge in [0.15, 0.2) is 17.8 Å². The highest BCUT2D eigenvalue weighted by molar-refractivity contribution is 6.30. The number of carboxylic acid groups (broad SMARTS) is 1. The normalized spacial score (nSPS) is 17.1. The van der Waals surface area contributed by atoms with Crippen LogP contribution >= 0.6 is 11.6 Å². The number of anilines is 1. The molecule has 0 aliphatic carbocycles. The molecule has 0 radical (unpaired) electrons. The first kappa shape index (κ1) is 42.2. The number of fused-ring (bicyclic) bond motifs is 1. The number of carbonyl (C=O) groups is 3. The van der Waals surface area contributed by atoms with Gasteiger partial charge in [-0.15, -0.1) is 0 Å². The fraction of sp³-hybridized carbons (Fsp3) is 0.429. The van der Waals surface area contributed by atoms with E-state index in [0.29, 0.717) is 65.1 Å². The molecule has 0 saturated heterocycles. The van der Waals surface area contributed by atoms with Crippen molar-refractivity contribution >= 4 is 35.1 Å². The van der Waals surface area contributed by atoms with Crippen LogP contribution in [0.1, 0.15) is 98.0 Å². The monoisotopic (exact) mass is 791 g/mol. The van der Waals surface area contributed by atoms with Gasteiger partial charge in [0.25, 0.3) is 5.91 Å². The molecular weight excluding hydrogens is 742 g/mol. The summed E-state index contributed by atoms with van der Waals surface area (Å²) in [6.45, 7) is 12.3. The molecule has 3 aromatic carbocycles. The summed E-state index contributed by atoms with van der Waals surface area (Å²) in [6.07, 6.45) is -1.01. The molecule has 4 atom stereocenters. The Hall–Kier alpha value is -4.95. The highest BCUT2D eigenvalue weighted by atomic mass is 35.5. The summed E-state index contributed by atoms with van der Waals surface area (Å²) in [5.41, 5.74) is 1.81. The third kappa shape index (κ3) is 9.35. The number of rotatable bonds is 18. The van der Waals surface area contributed by atoms with Crippen molar-refractivity contribution in [2.24, 2.45) is 5.41 Å². The zero-order valence-corrected chi connectivity index (χ0v) is 33.4. The van der Waals surface area contributed by atoms with Crippen molar-refractivity contribution in [1.29, 1.82) is 0 Å². The van der Waals surface area contributed by atoms with Gasteiger partial charge in [0, 0.05) is 40.2 Å².